The van der Waals surface area contributed by atoms with Gasteiger partial charge >= 0.3 is 0 Å². The second-order valence-corrected chi connectivity index (χ2v) is 6.16. The number of likely N-dealkylation sites (N-methyl/N-ethyl adjacent to an activating group) is 1. The molecule has 0 spiro atoms. The van der Waals surface area contributed by atoms with Gasteiger partial charge < -0.3 is 4.98 Å². The van der Waals surface area contributed by atoms with E-state index in [9.17, 15) is 8.42 Å². The molecule has 2 heterocycles. The maximum Gasteiger partial charge on any atom is 0.260 e. The molecule has 2 rings (SSSR count). The van der Waals surface area contributed by atoms with Crippen molar-refractivity contribution in [1.82, 2.24) is 19.2 Å². The van der Waals surface area contributed by atoms with Crippen molar-refractivity contribution >= 4 is 10.0 Å². The highest BCUT2D eigenvalue weighted by Gasteiger charge is 2.32. The van der Waals surface area contributed by atoms with Crippen LogP contribution in [0.25, 0.3) is 0 Å². The van der Waals surface area contributed by atoms with Gasteiger partial charge in [0.15, 0.2) is 5.03 Å². The van der Waals surface area contributed by atoms with Gasteiger partial charge in [-0.05, 0) is 13.5 Å². The molecule has 0 amide bonds. The number of nitrogens with one attached hydrogen (secondary N) is 1. The molecule has 6 nitrogen and oxygen atoms in total. The third-order valence-corrected chi connectivity index (χ3v) is 5.02. The molecule has 0 aromatic carbocycles. The average Bonchev–Trinajstić information content (AvgIpc) is 2.83. The van der Waals surface area contributed by atoms with Gasteiger partial charge in [-0.3, -0.25) is 4.90 Å². The molecule has 0 saturated carbocycles. The van der Waals surface area contributed by atoms with Crippen LogP contribution in [0.3, 0.4) is 0 Å². The van der Waals surface area contributed by atoms with Gasteiger partial charge in [0.2, 0.25) is 0 Å². The van der Waals surface area contributed by atoms with Crippen molar-refractivity contribution in [2.45, 2.75) is 24.9 Å². The zero-order chi connectivity index (χ0) is 12.5. The van der Waals surface area contributed by atoms with Crippen LogP contribution < -0.4 is 0 Å². The van der Waals surface area contributed by atoms with Crippen LogP contribution in [-0.2, 0) is 10.0 Å². The largest absolute Gasteiger partial charge is 0.335 e. The number of piperazine rings is 1. The molecule has 1 aliphatic heterocycles. The van der Waals surface area contributed by atoms with Gasteiger partial charge in [-0.15, -0.1) is 0 Å². The van der Waals surface area contributed by atoms with E-state index in [2.05, 4.69) is 28.7 Å². The van der Waals surface area contributed by atoms with Crippen molar-refractivity contribution in [3.8, 4) is 0 Å². The Morgan fingerprint density at radius 2 is 2.29 bits per heavy atom. The summed E-state index contributed by atoms with van der Waals surface area (Å²) in [5.74, 6) is 0. The molecule has 7 heteroatoms. The summed E-state index contributed by atoms with van der Waals surface area (Å²) in [6, 6.07) is 0.256. The monoisotopic (exact) mass is 258 g/mol. The van der Waals surface area contributed by atoms with Crippen molar-refractivity contribution in [3.63, 3.8) is 0 Å². The second-order valence-electron chi connectivity index (χ2n) is 4.26. The van der Waals surface area contributed by atoms with Gasteiger partial charge in [0.25, 0.3) is 10.0 Å². The lowest BCUT2D eigenvalue weighted by atomic mass is 10.2. The van der Waals surface area contributed by atoms with Gasteiger partial charge in [-0.2, -0.15) is 4.31 Å². The SMILES string of the molecule is CCN1CCN(S(=O)(=O)c2cnc[nH]2)CC1C. The molecule has 0 radical (unpaired) electrons. The van der Waals surface area contributed by atoms with Crippen LogP contribution in [0.1, 0.15) is 13.8 Å². The van der Waals surface area contributed by atoms with Gasteiger partial charge in [-0.1, -0.05) is 6.92 Å². The molecule has 1 atom stereocenters. The third-order valence-electron chi connectivity index (χ3n) is 3.22. The third kappa shape index (κ3) is 2.36. The molecule has 1 aliphatic rings. The van der Waals surface area contributed by atoms with Crippen molar-refractivity contribution in [2.24, 2.45) is 0 Å². The van der Waals surface area contributed by atoms with E-state index in [0.29, 0.717) is 13.1 Å². The maximum atomic E-state index is 12.2. The van der Waals surface area contributed by atoms with E-state index in [1.165, 1.54) is 16.8 Å². The van der Waals surface area contributed by atoms with E-state index in [4.69, 9.17) is 0 Å². The molecule has 0 aliphatic carbocycles. The lowest BCUT2D eigenvalue weighted by Crippen LogP contribution is -2.53. The highest BCUT2D eigenvalue weighted by Crippen LogP contribution is 2.17. The second kappa shape index (κ2) is 4.75. The van der Waals surface area contributed by atoms with E-state index >= 15 is 0 Å². The Kier molecular flexibility index (Phi) is 3.50. The first-order valence-electron chi connectivity index (χ1n) is 5.78. The molecule has 96 valence electrons. The molecule has 1 fully saturated rings. The Bertz CT molecular complexity index is 457. The number of nitrogens with zero attached hydrogens (tertiary/aromatic N) is 3. The summed E-state index contributed by atoms with van der Waals surface area (Å²) < 4.78 is 26.0. The maximum absolute atomic E-state index is 12.2. The molecular formula is C10H18N4O2S. The van der Waals surface area contributed by atoms with Gasteiger partial charge in [0.05, 0.1) is 12.5 Å². The number of sulfonamides is 1. The number of hydrogen-bond donors (Lipinski definition) is 1. The summed E-state index contributed by atoms with van der Waals surface area (Å²) in [6.07, 6.45) is 2.74. The standard InChI is InChI=1S/C10H18N4O2S/c1-3-13-4-5-14(7-9(13)2)17(15,16)10-6-11-8-12-10/h6,8-9H,3-5,7H2,1-2H3,(H,11,12). The Hall–Kier alpha value is -0.920. The lowest BCUT2D eigenvalue weighted by Gasteiger charge is -2.38. The van der Waals surface area contributed by atoms with Crippen LogP contribution in [-0.4, -0.2) is 59.8 Å². The molecule has 1 aromatic rings. The predicted molar refractivity (Wildman–Crippen MR) is 64.1 cm³/mol. The highest BCUT2D eigenvalue weighted by molar-refractivity contribution is 7.89. The number of rotatable bonds is 3. The van der Waals surface area contributed by atoms with E-state index in [1.807, 2.05) is 0 Å². The van der Waals surface area contributed by atoms with Crippen LogP contribution in [0.2, 0.25) is 0 Å². The summed E-state index contributed by atoms with van der Waals surface area (Å²) in [7, 11) is -3.39. The smallest absolute Gasteiger partial charge is 0.260 e. The highest BCUT2D eigenvalue weighted by atomic mass is 32.2. The fourth-order valence-corrected chi connectivity index (χ4v) is 3.58. The topological polar surface area (TPSA) is 69.3 Å². The molecular weight excluding hydrogens is 240 g/mol. The lowest BCUT2D eigenvalue weighted by molar-refractivity contribution is 0.135. The van der Waals surface area contributed by atoms with Crippen LogP contribution in [0.5, 0.6) is 0 Å². The van der Waals surface area contributed by atoms with Crippen LogP contribution >= 0.6 is 0 Å². The van der Waals surface area contributed by atoms with Crippen LogP contribution in [0, 0.1) is 0 Å². The van der Waals surface area contributed by atoms with E-state index in [0.717, 1.165) is 13.1 Å². The number of aromatic amines is 1. The number of hydrogen-bond acceptors (Lipinski definition) is 4. The van der Waals surface area contributed by atoms with Crippen molar-refractivity contribution < 1.29 is 8.42 Å². The zero-order valence-electron chi connectivity index (χ0n) is 10.1. The molecule has 1 saturated heterocycles. The van der Waals surface area contributed by atoms with Crippen molar-refractivity contribution in [3.05, 3.63) is 12.5 Å². The zero-order valence-corrected chi connectivity index (χ0v) is 10.9. The molecule has 17 heavy (non-hydrogen) atoms. The van der Waals surface area contributed by atoms with Crippen molar-refractivity contribution in [1.29, 1.82) is 0 Å². The number of imidazole rings is 1. The summed E-state index contributed by atoms with van der Waals surface area (Å²) in [6.45, 7) is 6.96. The van der Waals surface area contributed by atoms with E-state index < -0.39 is 10.0 Å². The Labute approximate surface area is 102 Å². The minimum absolute atomic E-state index is 0.176. The summed E-state index contributed by atoms with van der Waals surface area (Å²) >= 11 is 0. The first kappa shape index (κ1) is 12.5. The first-order chi connectivity index (χ1) is 8.05. The summed E-state index contributed by atoms with van der Waals surface area (Å²) in [5.41, 5.74) is 0. The average molecular weight is 258 g/mol. The Balaban J connectivity index is 2.15. The van der Waals surface area contributed by atoms with Gasteiger partial charge in [-0.25, -0.2) is 13.4 Å². The van der Waals surface area contributed by atoms with Crippen molar-refractivity contribution in [2.75, 3.05) is 26.2 Å². The summed E-state index contributed by atoms with van der Waals surface area (Å²) in [4.78, 5) is 8.70. The molecule has 0 bridgehead atoms. The van der Waals surface area contributed by atoms with Crippen LogP contribution in [0.15, 0.2) is 17.6 Å². The molecule has 1 unspecified atom stereocenters. The minimum atomic E-state index is -3.39. The minimum Gasteiger partial charge on any atom is -0.335 e. The quantitative estimate of drug-likeness (QED) is 0.836. The first-order valence-corrected chi connectivity index (χ1v) is 7.22. The Morgan fingerprint density at radius 3 is 2.82 bits per heavy atom. The summed E-state index contributed by atoms with van der Waals surface area (Å²) in [5, 5.41) is 0.176. The fourth-order valence-electron chi connectivity index (χ4n) is 2.17. The van der Waals surface area contributed by atoms with E-state index in [-0.39, 0.29) is 11.1 Å². The van der Waals surface area contributed by atoms with Gasteiger partial charge in [0, 0.05) is 25.7 Å². The normalized spacial score (nSPS) is 24.0. The Morgan fingerprint density at radius 1 is 1.53 bits per heavy atom. The number of H-pyrrole nitrogens is 1. The molecule has 1 aromatic heterocycles. The number of aromatic nitrogens is 2. The van der Waals surface area contributed by atoms with E-state index in [1.54, 1.807) is 0 Å². The predicted octanol–water partition coefficient (Wildman–Crippen LogP) is 0.124. The van der Waals surface area contributed by atoms with Gasteiger partial charge in [0.1, 0.15) is 0 Å². The molecule has 1 N–H and O–H groups in total. The van der Waals surface area contributed by atoms with Crippen LogP contribution in [0.4, 0.5) is 0 Å². The fraction of sp³-hybridized carbons (Fsp3) is 0.700.